The van der Waals surface area contributed by atoms with Crippen molar-refractivity contribution < 1.29 is 9.32 Å². The van der Waals surface area contributed by atoms with Crippen LogP contribution in [0.3, 0.4) is 0 Å². The maximum atomic E-state index is 11.7. The van der Waals surface area contributed by atoms with E-state index in [2.05, 4.69) is 23.9 Å². The van der Waals surface area contributed by atoms with Crippen molar-refractivity contribution >= 4 is 11.6 Å². The Kier molecular flexibility index (Phi) is 3.88. The van der Waals surface area contributed by atoms with Crippen LogP contribution in [0.4, 0.5) is 5.69 Å². The summed E-state index contributed by atoms with van der Waals surface area (Å²) < 4.78 is 5.55. The fraction of sp³-hybridized carbons (Fsp3) is 0.412. The lowest BCUT2D eigenvalue weighted by atomic mass is 10.1. The van der Waals surface area contributed by atoms with E-state index in [1.807, 2.05) is 24.3 Å². The van der Waals surface area contributed by atoms with E-state index < -0.39 is 5.91 Å². The van der Waals surface area contributed by atoms with Crippen LogP contribution in [0.5, 0.6) is 0 Å². The summed E-state index contributed by atoms with van der Waals surface area (Å²) >= 11 is 0. The van der Waals surface area contributed by atoms with Crippen molar-refractivity contribution in [2.24, 2.45) is 5.73 Å². The van der Waals surface area contributed by atoms with Crippen molar-refractivity contribution in [2.45, 2.75) is 38.6 Å². The highest BCUT2D eigenvalue weighted by atomic mass is 16.5. The predicted octanol–water partition coefficient (Wildman–Crippen LogP) is 3.24. The number of nitrogens with zero attached hydrogens (tertiary/aromatic N) is 2. The molecule has 3 rings (SSSR count). The zero-order valence-corrected chi connectivity index (χ0v) is 13.0. The van der Waals surface area contributed by atoms with E-state index in [1.54, 1.807) is 6.07 Å². The summed E-state index contributed by atoms with van der Waals surface area (Å²) in [6.45, 7) is 5.07. The van der Waals surface area contributed by atoms with E-state index >= 15 is 0 Å². The number of carbonyl (C=O) groups excluding carboxylic acids is 1. The van der Waals surface area contributed by atoms with Gasteiger partial charge in [0.05, 0.1) is 23.0 Å². The van der Waals surface area contributed by atoms with Gasteiger partial charge in [-0.05, 0) is 30.9 Å². The monoisotopic (exact) mass is 299 g/mol. The molecule has 1 atom stereocenters. The van der Waals surface area contributed by atoms with Gasteiger partial charge in [-0.1, -0.05) is 31.1 Å². The van der Waals surface area contributed by atoms with Crippen LogP contribution in [0.15, 0.2) is 34.9 Å². The lowest BCUT2D eigenvalue weighted by Crippen LogP contribution is -2.25. The van der Waals surface area contributed by atoms with Gasteiger partial charge in [0.1, 0.15) is 0 Å². The first kappa shape index (κ1) is 14.6. The molecule has 0 radical (unpaired) electrons. The van der Waals surface area contributed by atoms with Crippen LogP contribution >= 0.6 is 0 Å². The van der Waals surface area contributed by atoms with Gasteiger partial charge in [0.2, 0.25) is 0 Å². The number of amides is 1. The molecular weight excluding hydrogens is 278 g/mol. The molecule has 1 saturated heterocycles. The fourth-order valence-corrected chi connectivity index (χ4v) is 3.02. The van der Waals surface area contributed by atoms with Gasteiger partial charge in [0, 0.05) is 12.6 Å². The lowest BCUT2D eigenvalue weighted by molar-refractivity contribution is 0.100. The molecule has 1 amide bonds. The summed E-state index contributed by atoms with van der Waals surface area (Å²) in [6.07, 6.45) is 2.04. The zero-order valence-electron chi connectivity index (χ0n) is 13.0. The van der Waals surface area contributed by atoms with Crippen molar-refractivity contribution in [3.63, 3.8) is 0 Å². The number of hydrogen-bond donors (Lipinski definition) is 1. The maximum Gasteiger partial charge on any atom is 0.250 e. The molecule has 5 heteroatoms. The second kappa shape index (κ2) is 5.83. The molecule has 0 bridgehead atoms. The largest absolute Gasteiger partial charge is 0.366 e. The van der Waals surface area contributed by atoms with Gasteiger partial charge in [-0.3, -0.25) is 4.79 Å². The Labute approximate surface area is 130 Å². The molecule has 22 heavy (non-hydrogen) atoms. The van der Waals surface area contributed by atoms with Gasteiger partial charge in [0.15, 0.2) is 5.76 Å². The van der Waals surface area contributed by atoms with Crippen LogP contribution < -0.4 is 10.6 Å². The molecule has 0 saturated carbocycles. The van der Waals surface area contributed by atoms with Gasteiger partial charge < -0.3 is 15.2 Å². The van der Waals surface area contributed by atoms with E-state index in [-0.39, 0.29) is 6.04 Å². The predicted molar refractivity (Wildman–Crippen MR) is 84.9 cm³/mol. The third-order valence-electron chi connectivity index (χ3n) is 4.20. The minimum Gasteiger partial charge on any atom is -0.366 e. The first-order valence-electron chi connectivity index (χ1n) is 7.70. The second-order valence-electron chi connectivity index (χ2n) is 6.04. The molecule has 0 aliphatic carbocycles. The minimum absolute atomic E-state index is 0.112. The Morgan fingerprint density at radius 3 is 2.86 bits per heavy atom. The number of hydrogen-bond acceptors (Lipinski definition) is 4. The van der Waals surface area contributed by atoms with Crippen LogP contribution in [0.1, 0.15) is 60.5 Å². The molecule has 1 aliphatic heterocycles. The van der Waals surface area contributed by atoms with Crippen molar-refractivity contribution in [1.82, 2.24) is 5.16 Å². The molecule has 116 valence electrons. The Bertz CT molecular complexity index is 678. The molecule has 2 aromatic rings. The molecule has 1 aliphatic rings. The van der Waals surface area contributed by atoms with Gasteiger partial charge in [-0.2, -0.15) is 0 Å². The molecule has 1 aromatic carbocycles. The number of aromatic nitrogens is 1. The Morgan fingerprint density at radius 1 is 1.41 bits per heavy atom. The SMILES string of the molecule is CC(C)c1cc(C2CCCN2c2ccccc2C(N)=O)on1. The second-order valence-corrected chi connectivity index (χ2v) is 6.04. The maximum absolute atomic E-state index is 11.7. The van der Waals surface area contributed by atoms with Gasteiger partial charge in [-0.15, -0.1) is 0 Å². The Hall–Kier alpha value is -2.30. The summed E-state index contributed by atoms with van der Waals surface area (Å²) in [4.78, 5) is 13.9. The number of para-hydroxylation sites is 1. The third kappa shape index (κ3) is 2.58. The smallest absolute Gasteiger partial charge is 0.250 e. The molecule has 2 heterocycles. The van der Waals surface area contributed by atoms with Crippen molar-refractivity contribution in [2.75, 3.05) is 11.4 Å². The summed E-state index contributed by atoms with van der Waals surface area (Å²) in [6, 6.07) is 9.61. The van der Waals surface area contributed by atoms with E-state index in [0.29, 0.717) is 11.5 Å². The van der Waals surface area contributed by atoms with Crippen LogP contribution in [0.2, 0.25) is 0 Å². The first-order valence-corrected chi connectivity index (χ1v) is 7.70. The van der Waals surface area contributed by atoms with E-state index in [1.165, 1.54) is 0 Å². The number of benzene rings is 1. The number of anilines is 1. The van der Waals surface area contributed by atoms with E-state index in [9.17, 15) is 4.79 Å². The Balaban J connectivity index is 1.95. The Morgan fingerprint density at radius 2 is 2.18 bits per heavy atom. The number of carbonyl (C=O) groups is 1. The summed E-state index contributed by atoms with van der Waals surface area (Å²) in [7, 11) is 0. The summed E-state index contributed by atoms with van der Waals surface area (Å²) in [5.74, 6) is 0.799. The lowest BCUT2D eigenvalue weighted by Gasteiger charge is -2.26. The van der Waals surface area contributed by atoms with E-state index in [4.69, 9.17) is 10.3 Å². The fourth-order valence-electron chi connectivity index (χ4n) is 3.02. The van der Waals surface area contributed by atoms with Gasteiger partial charge >= 0.3 is 0 Å². The summed E-state index contributed by atoms with van der Waals surface area (Å²) in [5, 5.41) is 4.15. The molecule has 5 nitrogen and oxygen atoms in total. The van der Waals surface area contributed by atoms with Crippen molar-refractivity contribution in [3.05, 3.63) is 47.3 Å². The topological polar surface area (TPSA) is 72.4 Å². The quantitative estimate of drug-likeness (QED) is 0.940. The highest BCUT2D eigenvalue weighted by Gasteiger charge is 2.31. The number of nitrogens with two attached hydrogens (primary N) is 1. The average Bonchev–Trinajstić information content (AvgIpc) is 3.15. The van der Waals surface area contributed by atoms with Crippen LogP contribution in [0, 0.1) is 0 Å². The zero-order chi connectivity index (χ0) is 15.7. The molecular formula is C17H21N3O2. The highest BCUT2D eigenvalue weighted by Crippen LogP contribution is 2.38. The molecule has 0 spiro atoms. The first-order chi connectivity index (χ1) is 10.6. The van der Waals surface area contributed by atoms with E-state index in [0.717, 1.165) is 36.5 Å². The standard InChI is InChI=1S/C17H21N3O2/c1-11(2)13-10-16(22-19-13)15-8-5-9-20(15)14-7-4-3-6-12(14)17(18)21/h3-4,6-7,10-11,15H,5,8-9H2,1-2H3,(H2,18,21). The molecule has 1 aromatic heterocycles. The normalized spacial score (nSPS) is 18.1. The highest BCUT2D eigenvalue weighted by molar-refractivity contribution is 5.98. The van der Waals surface area contributed by atoms with Gasteiger partial charge in [0.25, 0.3) is 5.91 Å². The van der Waals surface area contributed by atoms with Crippen LogP contribution in [-0.2, 0) is 0 Å². The average molecular weight is 299 g/mol. The summed E-state index contributed by atoms with van der Waals surface area (Å²) in [5.41, 5.74) is 7.90. The number of rotatable bonds is 4. The molecule has 1 unspecified atom stereocenters. The minimum atomic E-state index is -0.401. The van der Waals surface area contributed by atoms with Crippen LogP contribution in [0.25, 0.3) is 0 Å². The molecule has 2 N–H and O–H groups in total. The third-order valence-corrected chi connectivity index (χ3v) is 4.20. The molecule has 1 fully saturated rings. The van der Waals surface area contributed by atoms with Gasteiger partial charge in [-0.25, -0.2) is 0 Å². The van der Waals surface area contributed by atoms with Crippen molar-refractivity contribution in [1.29, 1.82) is 0 Å². The van der Waals surface area contributed by atoms with Crippen LogP contribution in [-0.4, -0.2) is 17.6 Å². The van der Waals surface area contributed by atoms with Crippen molar-refractivity contribution in [3.8, 4) is 0 Å². The number of primary amides is 1.